The van der Waals surface area contributed by atoms with Gasteiger partial charge in [-0.15, -0.1) is 0 Å². The predicted molar refractivity (Wildman–Crippen MR) is 140 cm³/mol. The van der Waals surface area contributed by atoms with Gasteiger partial charge in [0.2, 0.25) is 0 Å². The standard InChI is InChI=1S/C32H48N2O/c1-27(2)12-14-32-15-13-30(6)20(24(32)26(27)35-19-32)8-9-23-29(5)18-21-25(34-17-16-33-21)28(3,4)22(29)10-11-31(23,30)7/h16-17,20,22-24,26H,8-15,18-19H2,1-7H3/t20-,22+,23+,24-,26-,29+,30+,31+,32+/m1/s1. The fourth-order valence-corrected chi connectivity index (χ4v) is 12.3. The largest absolute Gasteiger partial charge is 0.377 e. The second kappa shape index (κ2) is 6.72. The second-order valence-corrected chi connectivity index (χ2v) is 16.0. The number of nitrogens with zero attached hydrogens (tertiary/aromatic N) is 2. The van der Waals surface area contributed by atoms with Crippen molar-refractivity contribution in [3.8, 4) is 0 Å². The highest BCUT2D eigenvalue weighted by molar-refractivity contribution is 5.32. The molecule has 0 unspecified atom stereocenters. The normalized spacial score (nSPS) is 52.9. The maximum absolute atomic E-state index is 6.75. The Bertz CT molecular complexity index is 1060. The summed E-state index contributed by atoms with van der Waals surface area (Å²) >= 11 is 0. The van der Waals surface area contributed by atoms with Crippen LogP contribution in [-0.4, -0.2) is 22.7 Å². The van der Waals surface area contributed by atoms with Crippen LogP contribution < -0.4 is 0 Å². The van der Waals surface area contributed by atoms with E-state index >= 15 is 0 Å². The molecule has 3 heteroatoms. The van der Waals surface area contributed by atoms with Crippen LogP contribution in [0, 0.1) is 50.7 Å². The summed E-state index contributed by atoms with van der Waals surface area (Å²) in [5.41, 5.74) is 4.62. The van der Waals surface area contributed by atoms with Gasteiger partial charge < -0.3 is 4.74 Å². The summed E-state index contributed by atoms with van der Waals surface area (Å²) in [6.07, 6.45) is 16.6. The molecule has 6 aliphatic rings. The minimum Gasteiger partial charge on any atom is -0.377 e. The molecule has 1 aromatic rings. The van der Waals surface area contributed by atoms with Crippen molar-refractivity contribution in [2.75, 3.05) is 6.61 Å². The first kappa shape index (κ1) is 23.2. The number of hydrogen-bond donors (Lipinski definition) is 0. The lowest BCUT2D eigenvalue weighted by Gasteiger charge is -2.72. The average molecular weight is 477 g/mol. The van der Waals surface area contributed by atoms with Gasteiger partial charge in [-0.2, -0.15) is 0 Å². The Morgan fingerprint density at radius 1 is 0.771 bits per heavy atom. The third-order valence-electron chi connectivity index (χ3n) is 14.2. The molecule has 1 aliphatic heterocycles. The molecule has 3 nitrogen and oxygen atoms in total. The molecule has 0 N–H and O–H groups in total. The van der Waals surface area contributed by atoms with Gasteiger partial charge in [0.25, 0.3) is 0 Å². The molecule has 9 atom stereocenters. The van der Waals surface area contributed by atoms with Crippen molar-refractivity contribution in [3.63, 3.8) is 0 Å². The van der Waals surface area contributed by atoms with Crippen LogP contribution in [0.2, 0.25) is 0 Å². The highest BCUT2D eigenvalue weighted by atomic mass is 16.5. The van der Waals surface area contributed by atoms with Crippen LogP contribution in [0.3, 0.4) is 0 Å². The van der Waals surface area contributed by atoms with Gasteiger partial charge in [-0.3, -0.25) is 9.97 Å². The van der Waals surface area contributed by atoms with Gasteiger partial charge in [0.05, 0.1) is 24.1 Å². The van der Waals surface area contributed by atoms with Crippen LogP contribution in [0.5, 0.6) is 0 Å². The molecule has 0 spiro atoms. The maximum atomic E-state index is 6.75. The van der Waals surface area contributed by atoms with Crippen LogP contribution >= 0.6 is 0 Å². The van der Waals surface area contributed by atoms with Gasteiger partial charge >= 0.3 is 0 Å². The van der Waals surface area contributed by atoms with Crippen molar-refractivity contribution >= 4 is 0 Å². The number of hydrogen-bond acceptors (Lipinski definition) is 3. The smallest absolute Gasteiger partial charge is 0.0678 e. The third kappa shape index (κ3) is 2.58. The summed E-state index contributed by atoms with van der Waals surface area (Å²) in [6, 6.07) is 0. The van der Waals surface area contributed by atoms with Gasteiger partial charge in [0, 0.05) is 17.8 Å². The van der Waals surface area contributed by atoms with E-state index in [1.807, 2.05) is 12.4 Å². The molecule has 0 amide bonds. The van der Waals surface area contributed by atoms with Gasteiger partial charge in [-0.25, -0.2) is 0 Å². The third-order valence-corrected chi connectivity index (χ3v) is 14.2. The van der Waals surface area contributed by atoms with Crippen LogP contribution in [0.15, 0.2) is 12.4 Å². The first-order valence-corrected chi connectivity index (χ1v) is 14.8. The Labute approximate surface area is 213 Å². The van der Waals surface area contributed by atoms with E-state index in [1.54, 1.807) is 0 Å². The lowest BCUT2D eigenvalue weighted by molar-refractivity contribution is -0.233. The maximum Gasteiger partial charge on any atom is 0.0678 e. The van der Waals surface area contributed by atoms with Gasteiger partial charge in [-0.05, 0) is 109 Å². The Morgan fingerprint density at radius 2 is 1.51 bits per heavy atom. The van der Waals surface area contributed by atoms with E-state index in [1.165, 1.54) is 62.8 Å². The van der Waals surface area contributed by atoms with Crippen LogP contribution in [0.1, 0.15) is 111 Å². The zero-order valence-corrected chi connectivity index (χ0v) is 23.4. The summed E-state index contributed by atoms with van der Waals surface area (Å²) in [6.45, 7) is 19.2. The molecule has 7 rings (SSSR count). The molecular weight excluding hydrogens is 428 g/mol. The van der Waals surface area contributed by atoms with Crippen molar-refractivity contribution in [1.82, 2.24) is 9.97 Å². The van der Waals surface area contributed by atoms with E-state index in [9.17, 15) is 0 Å². The van der Waals surface area contributed by atoms with Gasteiger partial charge in [0.1, 0.15) is 0 Å². The molecule has 1 saturated heterocycles. The summed E-state index contributed by atoms with van der Waals surface area (Å²) in [5, 5.41) is 0. The highest BCUT2D eigenvalue weighted by Gasteiger charge is 2.72. The minimum absolute atomic E-state index is 0.104. The van der Waals surface area contributed by atoms with Crippen LogP contribution in [0.4, 0.5) is 0 Å². The van der Waals surface area contributed by atoms with Gasteiger partial charge in [0.15, 0.2) is 0 Å². The molecule has 5 fully saturated rings. The quantitative estimate of drug-likeness (QED) is 0.392. The number of aromatic nitrogens is 2. The van der Waals surface area contributed by atoms with Crippen molar-refractivity contribution in [2.45, 2.75) is 118 Å². The Hall–Kier alpha value is -0.960. The summed E-state index contributed by atoms with van der Waals surface area (Å²) in [7, 11) is 0. The number of rotatable bonds is 0. The molecule has 5 aliphatic carbocycles. The van der Waals surface area contributed by atoms with E-state index in [2.05, 4.69) is 48.5 Å². The lowest BCUT2D eigenvalue weighted by atomic mass is 9.31. The monoisotopic (exact) mass is 476 g/mol. The molecule has 1 aromatic heterocycles. The second-order valence-electron chi connectivity index (χ2n) is 16.0. The topological polar surface area (TPSA) is 35.0 Å². The van der Waals surface area contributed by atoms with Crippen LogP contribution in [0.25, 0.3) is 0 Å². The van der Waals surface area contributed by atoms with Crippen molar-refractivity contribution < 1.29 is 4.74 Å². The minimum atomic E-state index is 0.104. The van der Waals surface area contributed by atoms with E-state index < -0.39 is 0 Å². The molecule has 0 aromatic carbocycles. The molecule has 2 bridgehead atoms. The molecule has 35 heavy (non-hydrogen) atoms. The Morgan fingerprint density at radius 3 is 2.31 bits per heavy atom. The van der Waals surface area contributed by atoms with E-state index in [0.717, 1.165) is 30.8 Å². The first-order chi connectivity index (χ1) is 16.4. The molecule has 4 saturated carbocycles. The number of fused-ring (bicyclic) bond motifs is 6. The van der Waals surface area contributed by atoms with E-state index in [4.69, 9.17) is 14.7 Å². The molecule has 192 valence electrons. The van der Waals surface area contributed by atoms with Crippen molar-refractivity contribution in [1.29, 1.82) is 0 Å². The zero-order chi connectivity index (χ0) is 24.6. The summed E-state index contributed by atoms with van der Waals surface area (Å²) in [4.78, 5) is 9.83. The molecule has 2 heterocycles. The Kier molecular flexibility index (Phi) is 4.45. The molecular formula is C32H48N2O. The highest BCUT2D eigenvalue weighted by Crippen LogP contribution is 2.77. The van der Waals surface area contributed by atoms with Crippen molar-refractivity contribution in [2.24, 2.45) is 50.7 Å². The lowest BCUT2D eigenvalue weighted by Crippen LogP contribution is -2.67. The van der Waals surface area contributed by atoms with Crippen LogP contribution in [-0.2, 0) is 16.6 Å². The van der Waals surface area contributed by atoms with E-state index in [-0.39, 0.29) is 5.41 Å². The van der Waals surface area contributed by atoms with Crippen molar-refractivity contribution in [3.05, 3.63) is 23.8 Å². The SMILES string of the molecule is CC1(C)CC[C@@]23CC[C@@]4(C)[C@H](CC[C@H]5[C@@]6(C)Cc7nccnc7C(C)(C)[C@@H]6CC[C@@]54C)[C@@H]2[C@H]1OC3. The Balaban J connectivity index is 1.31. The summed E-state index contributed by atoms with van der Waals surface area (Å²) in [5.74, 6) is 3.07. The fraction of sp³-hybridized carbons (Fsp3) is 0.875. The van der Waals surface area contributed by atoms with Gasteiger partial charge in [-0.1, -0.05) is 48.5 Å². The van der Waals surface area contributed by atoms with E-state index in [0.29, 0.717) is 39.1 Å². The average Bonchev–Trinajstić information content (AvgIpc) is 3.13. The first-order valence-electron chi connectivity index (χ1n) is 14.8. The summed E-state index contributed by atoms with van der Waals surface area (Å²) < 4.78 is 6.75. The zero-order valence-electron chi connectivity index (χ0n) is 23.4. The fourth-order valence-electron chi connectivity index (χ4n) is 12.3. The predicted octanol–water partition coefficient (Wildman–Crippen LogP) is 7.38. The number of ether oxygens (including phenoxy) is 1. The molecule has 0 radical (unpaired) electrons.